The number of pyridine rings is 1. The number of benzene rings is 3. The molecule has 5 rings (SSSR count). The van der Waals surface area contributed by atoms with Crippen molar-refractivity contribution in [2.24, 2.45) is 0 Å². The SMILES string of the molecule is Cc1cc(N2CCN(Cc3ccccc3)CC2)nc2ccc(NC(=O)/C=C\c3ccc(OC(F)(F)F)cc3)cc12. The van der Waals surface area contributed by atoms with Crippen LogP contribution in [0, 0.1) is 6.92 Å². The Labute approximate surface area is 230 Å². The van der Waals surface area contributed by atoms with Gasteiger partial charge in [0.25, 0.3) is 0 Å². The number of nitrogens with zero attached hydrogens (tertiary/aromatic N) is 3. The van der Waals surface area contributed by atoms with Crippen LogP contribution in [0.3, 0.4) is 0 Å². The molecule has 0 radical (unpaired) electrons. The highest BCUT2D eigenvalue weighted by molar-refractivity contribution is 6.03. The average molecular weight is 547 g/mol. The van der Waals surface area contributed by atoms with Crippen molar-refractivity contribution in [2.75, 3.05) is 36.4 Å². The number of ether oxygens (including phenoxy) is 1. The van der Waals surface area contributed by atoms with E-state index in [0.29, 0.717) is 11.3 Å². The molecule has 3 aromatic carbocycles. The van der Waals surface area contributed by atoms with Gasteiger partial charge in [0.1, 0.15) is 11.6 Å². The molecule has 1 aliphatic rings. The summed E-state index contributed by atoms with van der Waals surface area (Å²) in [6.07, 6.45) is -1.90. The monoisotopic (exact) mass is 546 g/mol. The zero-order valence-electron chi connectivity index (χ0n) is 22.0. The summed E-state index contributed by atoms with van der Waals surface area (Å²) < 4.78 is 40.8. The van der Waals surface area contributed by atoms with Crippen LogP contribution in [0.2, 0.25) is 0 Å². The summed E-state index contributed by atoms with van der Waals surface area (Å²) in [5.74, 6) is 0.282. The van der Waals surface area contributed by atoms with Crippen molar-refractivity contribution < 1.29 is 22.7 Å². The summed E-state index contributed by atoms with van der Waals surface area (Å²) in [5.41, 5.74) is 4.44. The number of piperazine rings is 1. The minimum Gasteiger partial charge on any atom is -0.406 e. The summed E-state index contributed by atoms with van der Waals surface area (Å²) in [6, 6.07) is 23.5. The standard InChI is InChI=1S/C31H29F3N4O2/c1-22-19-29(38-17-15-37(16-18-38)21-24-5-3-2-4-6-24)36-28-13-10-25(20-27(22)28)35-30(39)14-9-23-7-11-26(12-8-23)40-31(32,33)34/h2-14,19-20H,15-18,21H2,1H3,(H,35,39)/b14-9-. The Hall–Kier alpha value is -4.37. The molecule has 9 heteroatoms. The smallest absolute Gasteiger partial charge is 0.406 e. The van der Waals surface area contributed by atoms with Crippen molar-refractivity contribution >= 4 is 34.4 Å². The fourth-order valence-corrected chi connectivity index (χ4v) is 4.73. The van der Waals surface area contributed by atoms with Gasteiger partial charge in [0.2, 0.25) is 5.91 Å². The minimum absolute atomic E-state index is 0.317. The Morgan fingerprint density at radius 1 is 0.975 bits per heavy atom. The molecule has 1 aliphatic heterocycles. The number of anilines is 2. The first-order valence-electron chi connectivity index (χ1n) is 13.0. The molecule has 0 spiro atoms. The molecule has 1 aromatic heterocycles. The summed E-state index contributed by atoms with van der Waals surface area (Å²) >= 11 is 0. The van der Waals surface area contributed by atoms with Gasteiger partial charge in [-0.1, -0.05) is 42.5 Å². The van der Waals surface area contributed by atoms with Gasteiger partial charge in [0.15, 0.2) is 0 Å². The number of nitrogens with one attached hydrogen (secondary N) is 1. The van der Waals surface area contributed by atoms with E-state index in [9.17, 15) is 18.0 Å². The number of hydrogen-bond acceptors (Lipinski definition) is 5. The lowest BCUT2D eigenvalue weighted by atomic mass is 10.1. The van der Waals surface area contributed by atoms with Crippen LogP contribution in [0.1, 0.15) is 16.7 Å². The maximum atomic E-state index is 12.5. The number of carbonyl (C=O) groups excluding carboxylic acids is 1. The van der Waals surface area contributed by atoms with E-state index in [1.807, 2.05) is 31.2 Å². The quantitative estimate of drug-likeness (QED) is 0.271. The van der Waals surface area contributed by atoms with Crippen molar-refractivity contribution in [3.63, 3.8) is 0 Å². The number of amides is 1. The highest BCUT2D eigenvalue weighted by Gasteiger charge is 2.30. The molecule has 206 valence electrons. The second kappa shape index (κ2) is 11.8. The van der Waals surface area contributed by atoms with Crippen molar-refractivity contribution in [1.29, 1.82) is 0 Å². The van der Waals surface area contributed by atoms with Crippen LogP contribution in [0.4, 0.5) is 24.7 Å². The van der Waals surface area contributed by atoms with E-state index in [-0.39, 0.29) is 11.7 Å². The number of aromatic nitrogens is 1. The van der Waals surface area contributed by atoms with E-state index < -0.39 is 6.36 Å². The fourth-order valence-electron chi connectivity index (χ4n) is 4.73. The lowest BCUT2D eigenvalue weighted by Crippen LogP contribution is -2.46. The number of rotatable bonds is 7. The number of hydrogen-bond donors (Lipinski definition) is 1. The van der Waals surface area contributed by atoms with Gasteiger partial charge in [-0.25, -0.2) is 4.98 Å². The maximum Gasteiger partial charge on any atom is 0.573 e. The fraction of sp³-hybridized carbons (Fsp3) is 0.226. The van der Waals surface area contributed by atoms with E-state index in [0.717, 1.165) is 55.0 Å². The summed E-state index contributed by atoms with van der Waals surface area (Å²) in [6.45, 7) is 6.74. The molecule has 0 unspecified atom stereocenters. The molecule has 40 heavy (non-hydrogen) atoms. The van der Waals surface area contributed by atoms with Crippen molar-refractivity contribution in [3.8, 4) is 5.75 Å². The predicted molar refractivity (Wildman–Crippen MR) is 151 cm³/mol. The van der Waals surface area contributed by atoms with E-state index in [4.69, 9.17) is 4.98 Å². The predicted octanol–water partition coefficient (Wildman–Crippen LogP) is 6.42. The zero-order chi connectivity index (χ0) is 28.1. The van der Waals surface area contributed by atoms with E-state index >= 15 is 0 Å². The van der Waals surface area contributed by atoms with E-state index in [2.05, 4.69) is 50.2 Å². The minimum atomic E-state index is -4.75. The van der Waals surface area contributed by atoms with Crippen molar-refractivity contribution in [2.45, 2.75) is 19.8 Å². The number of fused-ring (bicyclic) bond motifs is 1. The second-order valence-corrected chi connectivity index (χ2v) is 9.72. The molecule has 0 atom stereocenters. The highest BCUT2D eigenvalue weighted by atomic mass is 19.4. The zero-order valence-corrected chi connectivity index (χ0v) is 22.0. The second-order valence-electron chi connectivity index (χ2n) is 9.72. The van der Waals surface area contributed by atoms with Gasteiger partial charge in [0, 0.05) is 49.9 Å². The molecule has 0 aliphatic carbocycles. The average Bonchev–Trinajstić information content (AvgIpc) is 2.93. The lowest BCUT2D eigenvalue weighted by molar-refractivity contribution is -0.274. The van der Waals surface area contributed by atoms with E-state index in [1.165, 1.54) is 42.0 Å². The third-order valence-electron chi connectivity index (χ3n) is 6.76. The molecule has 0 bridgehead atoms. The Kier molecular flexibility index (Phi) is 8.02. The third-order valence-corrected chi connectivity index (χ3v) is 6.76. The Balaban J connectivity index is 1.19. The van der Waals surface area contributed by atoms with Crippen LogP contribution in [0.15, 0.2) is 84.9 Å². The van der Waals surface area contributed by atoms with Crippen LogP contribution < -0.4 is 15.0 Å². The first-order valence-corrected chi connectivity index (χ1v) is 13.0. The van der Waals surface area contributed by atoms with Gasteiger partial charge in [-0.15, -0.1) is 13.2 Å². The molecule has 2 heterocycles. The van der Waals surface area contributed by atoms with E-state index in [1.54, 1.807) is 0 Å². The highest BCUT2D eigenvalue weighted by Crippen LogP contribution is 2.27. The third kappa shape index (κ3) is 7.18. The van der Waals surface area contributed by atoms with Crippen LogP contribution >= 0.6 is 0 Å². The van der Waals surface area contributed by atoms with Crippen molar-refractivity contribution in [1.82, 2.24) is 9.88 Å². The topological polar surface area (TPSA) is 57.7 Å². The normalized spacial score (nSPS) is 14.6. The van der Waals surface area contributed by atoms with Gasteiger partial charge >= 0.3 is 6.36 Å². The first-order chi connectivity index (χ1) is 19.2. The number of alkyl halides is 3. The molecular weight excluding hydrogens is 517 g/mol. The van der Waals surface area contributed by atoms with Gasteiger partial charge in [-0.2, -0.15) is 0 Å². The Morgan fingerprint density at radius 3 is 2.40 bits per heavy atom. The van der Waals surface area contributed by atoms with Gasteiger partial charge < -0.3 is 15.0 Å². The summed E-state index contributed by atoms with van der Waals surface area (Å²) in [4.78, 5) is 22.1. The molecule has 4 aromatic rings. The summed E-state index contributed by atoms with van der Waals surface area (Å²) in [7, 11) is 0. The Bertz CT molecular complexity index is 1500. The molecule has 1 amide bonds. The van der Waals surface area contributed by atoms with Gasteiger partial charge in [0.05, 0.1) is 5.52 Å². The number of aryl methyl sites for hydroxylation is 1. The molecule has 1 saturated heterocycles. The lowest BCUT2D eigenvalue weighted by Gasteiger charge is -2.35. The number of halogens is 3. The molecule has 0 saturated carbocycles. The van der Waals surface area contributed by atoms with Gasteiger partial charge in [-0.3, -0.25) is 9.69 Å². The van der Waals surface area contributed by atoms with Crippen LogP contribution in [0.25, 0.3) is 17.0 Å². The number of carbonyl (C=O) groups is 1. The van der Waals surface area contributed by atoms with Gasteiger partial charge in [-0.05, 0) is 66.1 Å². The molecule has 1 fully saturated rings. The Morgan fingerprint density at radius 2 is 1.70 bits per heavy atom. The van der Waals surface area contributed by atoms with Crippen LogP contribution in [-0.4, -0.2) is 48.3 Å². The molecule has 6 nitrogen and oxygen atoms in total. The van der Waals surface area contributed by atoms with Crippen LogP contribution in [0.5, 0.6) is 5.75 Å². The molecule has 1 N–H and O–H groups in total. The first kappa shape index (κ1) is 27.2. The summed E-state index contributed by atoms with van der Waals surface area (Å²) in [5, 5.41) is 3.79. The maximum absolute atomic E-state index is 12.5. The molecular formula is C31H29F3N4O2. The van der Waals surface area contributed by atoms with Crippen molar-refractivity contribution in [3.05, 3.63) is 102 Å². The largest absolute Gasteiger partial charge is 0.573 e. The van der Waals surface area contributed by atoms with Crippen LogP contribution in [-0.2, 0) is 11.3 Å².